The number of hydrogen-bond donors (Lipinski definition) is 2. The quantitative estimate of drug-likeness (QED) is 0.719. The number of ether oxygens (including phenoxy) is 1. The van der Waals surface area contributed by atoms with Crippen molar-refractivity contribution in [3.63, 3.8) is 0 Å². The normalized spacial score (nSPS) is 19.1. The predicted octanol–water partition coefficient (Wildman–Crippen LogP) is 1.55. The van der Waals surface area contributed by atoms with Crippen LogP contribution in [0.15, 0.2) is 11.4 Å². The fourth-order valence-electron chi connectivity index (χ4n) is 2.57. The monoisotopic (exact) mass is 389 g/mol. The molecule has 3 atom stereocenters. The number of thiophene rings is 1. The standard InChI is InChI=1S/C16H23N3O4S.ClH/c1-4-9(2)12(17)13(20)18-11-5-7-19(14(11)21)15-10(6-8-24-15)16(22)23-3;/h6,8-9,11-12H,4-5,7,17H2,1-3H3,(H,18,20);1H. The molecule has 3 unspecified atom stereocenters. The number of esters is 1. The molecule has 0 bridgehead atoms. The van der Waals surface area contributed by atoms with Crippen molar-refractivity contribution in [1.82, 2.24) is 5.32 Å². The highest BCUT2D eigenvalue weighted by atomic mass is 35.5. The summed E-state index contributed by atoms with van der Waals surface area (Å²) in [5, 5.41) is 5.02. The molecule has 1 saturated heterocycles. The van der Waals surface area contributed by atoms with Gasteiger partial charge in [0.2, 0.25) is 11.8 Å². The molecule has 7 nitrogen and oxygen atoms in total. The van der Waals surface area contributed by atoms with Crippen LogP contribution in [0.3, 0.4) is 0 Å². The zero-order valence-electron chi connectivity index (χ0n) is 14.5. The second-order valence-corrected chi connectivity index (χ2v) is 6.78. The number of nitrogens with one attached hydrogen (secondary N) is 1. The van der Waals surface area contributed by atoms with E-state index in [2.05, 4.69) is 5.32 Å². The van der Waals surface area contributed by atoms with Crippen molar-refractivity contribution in [1.29, 1.82) is 0 Å². The van der Waals surface area contributed by atoms with E-state index in [1.54, 1.807) is 11.4 Å². The van der Waals surface area contributed by atoms with E-state index in [1.165, 1.54) is 23.3 Å². The van der Waals surface area contributed by atoms with Crippen molar-refractivity contribution in [3.8, 4) is 0 Å². The van der Waals surface area contributed by atoms with Crippen molar-refractivity contribution in [2.24, 2.45) is 11.7 Å². The fraction of sp³-hybridized carbons (Fsp3) is 0.562. The number of carbonyl (C=O) groups excluding carboxylic acids is 3. The maximum atomic E-state index is 12.6. The summed E-state index contributed by atoms with van der Waals surface area (Å²) >= 11 is 1.30. The number of nitrogens with two attached hydrogens (primary N) is 1. The number of halogens is 1. The first kappa shape index (κ1) is 21.4. The summed E-state index contributed by atoms with van der Waals surface area (Å²) in [7, 11) is 1.30. The highest BCUT2D eigenvalue weighted by Gasteiger charge is 2.37. The molecule has 2 heterocycles. The summed E-state index contributed by atoms with van der Waals surface area (Å²) in [6, 6.07) is 0.383. The molecule has 0 spiro atoms. The summed E-state index contributed by atoms with van der Waals surface area (Å²) in [6.45, 7) is 4.31. The first-order valence-electron chi connectivity index (χ1n) is 7.93. The minimum atomic E-state index is -0.635. The summed E-state index contributed by atoms with van der Waals surface area (Å²) in [6.07, 6.45) is 1.27. The van der Waals surface area contributed by atoms with Crippen LogP contribution in [-0.2, 0) is 14.3 Å². The van der Waals surface area contributed by atoms with Gasteiger partial charge in [0.15, 0.2) is 0 Å². The Labute approximate surface area is 157 Å². The number of carbonyl (C=O) groups is 3. The smallest absolute Gasteiger partial charge is 0.340 e. The predicted molar refractivity (Wildman–Crippen MR) is 99.2 cm³/mol. The molecule has 1 aromatic heterocycles. The maximum Gasteiger partial charge on any atom is 0.340 e. The van der Waals surface area contributed by atoms with E-state index in [0.717, 1.165) is 6.42 Å². The van der Waals surface area contributed by atoms with Crippen molar-refractivity contribution < 1.29 is 19.1 Å². The number of amides is 2. The Morgan fingerprint density at radius 1 is 1.52 bits per heavy atom. The lowest BCUT2D eigenvalue weighted by atomic mass is 9.99. The Hall–Kier alpha value is -1.64. The molecule has 1 aliphatic rings. The van der Waals surface area contributed by atoms with Crippen LogP contribution in [0.4, 0.5) is 5.00 Å². The Morgan fingerprint density at radius 3 is 2.80 bits per heavy atom. The highest BCUT2D eigenvalue weighted by Crippen LogP contribution is 2.31. The Morgan fingerprint density at radius 2 is 2.20 bits per heavy atom. The summed E-state index contributed by atoms with van der Waals surface area (Å²) < 4.78 is 4.74. The molecule has 0 aromatic carbocycles. The third-order valence-corrected chi connectivity index (χ3v) is 5.31. The Balaban J connectivity index is 0.00000312. The number of methoxy groups -OCH3 is 1. The van der Waals surface area contributed by atoms with Gasteiger partial charge in [-0.25, -0.2) is 4.79 Å². The minimum Gasteiger partial charge on any atom is -0.465 e. The van der Waals surface area contributed by atoms with Crippen molar-refractivity contribution in [3.05, 3.63) is 17.0 Å². The SMILES string of the molecule is CCC(C)C(N)C(=O)NC1CCN(c2sccc2C(=O)OC)C1=O.Cl. The van der Waals surface area contributed by atoms with Crippen LogP contribution in [0.5, 0.6) is 0 Å². The van der Waals surface area contributed by atoms with Crippen LogP contribution in [0.1, 0.15) is 37.0 Å². The lowest BCUT2D eigenvalue weighted by molar-refractivity contribution is -0.128. The summed E-state index contributed by atoms with van der Waals surface area (Å²) in [4.78, 5) is 38.1. The van der Waals surface area contributed by atoms with E-state index >= 15 is 0 Å². The summed E-state index contributed by atoms with van der Waals surface area (Å²) in [5.74, 6) is -0.984. The first-order valence-corrected chi connectivity index (χ1v) is 8.81. The van der Waals surface area contributed by atoms with Crippen LogP contribution >= 0.6 is 23.7 Å². The Bertz CT molecular complexity index is 637. The van der Waals surface area contributed by atoms with Gasteiger partial charge in [0.25, 0.3) is 0 Å². The number of anilines is 1. The lowest BCUT2D eigenvalue weighted by Gasteiger charge is -2.20. The number of nitrogens with zero attached hydrogens (tertiary/aromatic N) is 1. The molecule has 1 aromatic rings. The van der Waals surface area contributed by atoms with Gasteiger partial charge in [-0.3, -0.25) is 9.59 Å². The van der Waals surface area contributed by atoms with E-state index in [0.29, 0.717) is 23.5 Å². The van der Waals surface area contributed by atoms with Crippen LogP contribution in [-0.4, -0.2) is 43.5 Å². The fourth-order valence-corrected chi connectivity index (χ4v) is 3.49. The van der Waals surface area contributed by atoms with Gasteiger partial charge in [0.1, 0.15) is 11.0 Å². The molecule has 2 amide bonds. The zero-order chi connectivity index (χ0) is 17.9. The van der Waals surface area contributed by atoms with Crippen molar-refractivity contribution in [2.45, 2.75) is 38.8 Å². The van der Waals surface area contributed by atoms with Crippen LogP contribution in [0.25, 0.3) is 0 Å². The molecule has 2 rings (SSSR count). The van der Waals surface area contributed by atoms with Gasteiger partial charge >= 0.3 is 5.97 Å². The van der Waals surface area contributed by atoms with E-state index in [1.807, 2.05) is 13.8 Å². The Kier molecular flexibility index (Phi) is 7.85. The second kappa shape index (κ2) is 9.17. The summed E-state index contributed by atoms with van der Waals surface area (Å²) in [5.41, 5.74) is 6.27. The van der Waals surface area contributed by atoms with Crippen LogP contribution < -0.4 is 16.0 Å². The lowest BCUT2D eigenvalue weighted by Crippen LogP contribution is -2.50. The van der Waals surface area contributed by atoms with Crippen LogP contribution in [0.2, 0.25) is 0 Å². The number of hydrogen-bond acceptors (Lipinski definition) is 6. The van der Waals surface area contributed by atoms with Gasteiger partial charge in [-0.2, -0.15) is 0 Å². The number of rotatable bonds is 6. The van der Waals surface area contributed by atoms with E-state index in [9.17, 15) is 14.4 Å². The highest BCUT2D eigenvalue weighted by molar-refractivity contribution is 7.14. The van der Waals surface area contributed by atoms with Gasteiger partial charge < -0.3 is 20.7 Å². The average Bonchev–Trinajstić information content (AvgIpc) is 3.19. The molecular formula is C16H24ClN3O4S. The van der Waals surface area contributed by atoms with Crippen molar-refractivity contribution in [2.75, 3.05) is 18.6 Å². The maximum absolute atomic E-state index is 12.6. The second-order valence-electron chi connectivity index (χ2n) is 5.88. The zero-order valence-corrected chi connectivity index (χ0v) is 16.1. The largest absolute Gasteiger partial charge is 0.465 e. The van der Waals surface area contributed by atoms with Gasteiger partial charge in [-0.15, -0.1) is 23.7 Å². The first-order chi connectivity index (χ1) is 11.4. The third kappa shape index (κ3) is 4.50. The van der Waals surface area contributed by atoms with E-state index < -0.39 is 18.1 Å². The topological polar surface area (TPSA) is 102 Å². The van der Waals surface area contributed by atoms with Crippen molar-refractivity contribution >= 4 is 46.5 Å². The van der Waals surface area contributed by atoms with Crippen LogP contribution in [0, 0.1) is 5.92 Å². The van der Waals surface area contributed by atoms with Gasteiger partial charge in [-0.1, -0.05) is 20.3 Å². The average molecular weight is 390 g/mol. The van der Waals surface area contributed by atoms with Gasteiger partial charge in [0, 0.05) is 6.54 Å². The molecule has 0 radical (unpaired) electrons. The molecule has 1 fully saturated rings. The molecule has 140 valence electrons. The molecule has 0 saturated carbocycles. The van der Waals surface area contributed by atoms with E-state index in [-0.39, 0.29) is 30.1 Å². The molecule has 9 heteroatoms. The van der Waals surface area contributed by atoms with E-state index in [4.69, 9.17) is 10.5 Å². The molecule has 3 N–H and O–H groups in total. The molecular weight excluding hydrogens is 366 g/mol. The van der Waals surface area contributed by atoms with Gasteiger partial charge in [-0.05, 0) is 23.8 Å². The molecule has 25 heavy (non-hydrogen) atoms. The van der Waals surface area contributed by atoms with Gasteiger partial charge in [0.05, 0.1) is 18.7 Å². The third-order valence-electron chi connectivity index (χ3n) is 4.38. The minimum absolute atomic E-state index is 0. The molecule has 0 aliphatic carbocycles. The molecule has 1 aliphatic heterocycles.